The summed E-state index contributed by atoms with van der Waals surface area (Å²) in [6.45, 7) is 4.39. The lowest BCUT2D eigenvalue weighted by atomic mass is 9.99. The van der Waals surface area contributed by atoms with E-state index in [0.29, 0.717) is 39.1 Å². The number of amides is 3. The fourth-order valence-corrected chi connectivity index (χ4v) is 3.68. The van der Waals surface area contributed by atoms with Crippen LogP contribution in [0.2, 0.25) is 0 Å². The third-order valence-corrected chi connectivity index (χ3v) is 4.97. The Morgan fingerprint density at radius 3 is 2.57 bits per heavy atom. The van der Waals surface area contributed by atoms with E-state index in [-0.39, 0.29) is 23.9 Å². The van der Waals surface area contributed by atoms with E-state index in [4.69, 9.17) is 5.11 Å². The smallest absolute Gasteiger partial charge is 0.320 e. The molecule has 0 aromatic carbocycles. The second-order valence-corrected chi connectivity index (χ2v) is 6.34. The van der Waals surface area contributed by atoms with E-state index in [2.05, 4.69) is 0 Å². The number of carbonyl (C=O) groups excluding carboxylic acids is 2. The van der Waals surface area contributed by atoms with Gasteiger partial charge < -0.3 is 19.8 Å². The number of piperazine rings is 1. The molecule has 0 aliphatic carbocycles. The Bertz CT molecular complexity index is 481. The van der Waals surface area contributed by atoms with Crippen LogP contribution < -0.4 is 0 Å². The van der Waals surface area contributed by atoms with Crippen molar-refractivity contribution < 1.29 is 19.5 Å². The number of rotatable bonds is 1. The molecule has 3 aliphatic rings. The molecular formula is C14H21N3O4. The SMILES string of the molecule is CC1CN(C(=O)N2CCN3C(=O)CCC3C2)CC1C(=O)O. The molecule has 0 aromatic rings. The number of hydrogen-bond donors (Lipinski definition) is 1. The number of carboxylic acid groups (broad SMARTS) is 1. The van der Waals surface area contributed by atoms with Gasteiger partial charge in [0, 0.05) is 45.2 Å². The van der Waals surface area contributed by atoms with Crippen molar-refractivity contribution in [3.63, 3.8) is 0 Å². The van der Waals surface area contributed by atoms with E-state index in [1.807, 2.05) is 11.8 Å². The summed E-state index contributed by atoms with van der Waals surface area (Å²) >= 11 is 0. The van der Waals surface area contributed by atoms with Gasteiger partial charge in [-0.15, -0.1) is 0 Å². The van der Waals surface area contributed by atoms with E-state index >= 15 is 0 Å². The molecule has 21 heavy (non-hydrogen) atoms. The van der Waals surface area contributed by atoms with Gasteiger partial charge in [-0.05, 0) is 12.3 Å². The number of fused-ring (bicyclic) bond motifs is 1. The van der Waals surface area contributed by atoms with Crippen molar-refractivity contribution in [2.24, 2.45) is 11.8 Å². The molecule has 3 amide bonds. The highest BCUT2D eigenvalue weighted by Gasteiger charge is 2.41. The number of carbonyl (C=O) groups is 3. The van der Waals surface area contributed by atoms with Crippen LogP contribution in [-0.4, -0.2) is 76.5 Å². The van der Waals surface area contributed by atoms with Crippen LogP contribution in [0.3, 0.4) is 0 Å². The fraction of sp³-hybridized carbons (Fsp3) is 0.786. The van der Waals surface area contributed by atoms with Crippen molar-refractivity contribution in [1.29, 1.82) is 0 Å². The van der Waals surface area contributed by atoms with E-state index < -0.39 is 11.9 Å². The van der Waals surface area contributed by atoms with Gasteiger partial charge in [-0.25, -0.2) is 4.79 Å². The Labute approximate surface area is 123 Å². The van der Waals surface area contributed by atoms with Crippen LogP contribution in [0.4, 0.5) is 4.79 Å². The average molecular weight is 295 g/mol. The van der Waals surface area contributed by atoms with Gasteiger partial charge in [0.15, 0.2) is 0 Å². The highest BCUT2D eigenvalue weighted by molar-refractivity contribution is 5.81. The minimum Gasteiger partial charge on any atom is -0.481 e. The molecule has 7 heteroatoms. The summed E-state index contributed by atoms with van der Waals surface area (Å²) in [7, 11) is 0. The zero-order chi connectivity index (χ0) is 15.1. The first-order valence-electron chi connectivity index (χ1n) is 7.53. The summed E-state index contributed by atoms with van der Waals surface area (Å²) in [5, 5.41) is 9.15. The highest BCUT2D eigenvalue weighted by atomic mass is 16.4. The van der Waals surface area contributed by atoms with Gasteiger partial charge in [-0.2, -0.15) is 0 Å². The molecule has 0 saturated carbocycles. The topological polar surface area (TPSA) is 81.2 Å². The summed E-state index contributed by atoms with van der Waals surface area (Å²) in [6.07, 6.45) is 1.39. The quantitative estimate of drug-likeness (QED) is 0.742. The standard InChI is InChI=1S/C14H21N3O4/c1-9-6-16(8-11(9)13(19)20)14(21)15-4-5-17-10(7-15)2-3-12(17)18/h9-11H,2-8H2,1H3,(H,19,20). The zero-order valence-corrected chi connectivity index (χ0v) is 12.2. The van der Waals surface area contributed by atoms with Gasteiger partial charge in [-0.1, -0.05) is 6.92 Å². The Kier molecular flexibility index (Phi) is 3.51. The minimum absolute atomic E-state index is 0.0132. The normalized spacial score (nSPS) is 32.5. The van der Waals surface area contributed by atoms with Gasteiger partial charge in [0.2, 0.25) is 5.91 Å². The molecule has 3 atom stereocenters. The first-order chi connectivity index (χ1) is 9.97. The fourth-order valence-electron chi connectivity index (χ4n) is 3.68. The largest absolute Gasteiger partial charge is 0.481 e. The monoisotopic (exact) mass is 295 g/mol. The third kappa shape index (κ3) is 2.45. The van der Waals surface area contributed by atoms with Crippen LogP contribution in [0.1, 0.15) is 19.8 Å². The molecule has 3 heterocycles. The van der Waals surface area contributed by atoms with Gasteiger partial charge in [0.1, 0.15) is 0 Å². The molecule has 116 valence electrons. The molecule has 3 aliphatic heterocycles. The molecule has 3 fully saturated rings. The Morgan fingerprint density at radius 1 is 1.14 bits per heavy atom. The van der Waals surface area contributed by atoms with E-state index in [0.717, 1.165) is 6.42 Å². The summed E-state index contributed by atoms with van der Waals surface area (Å²) in [6, 6.07) is 0.0649. The van der Waals surface area contributed by atoms with Gasteiger partial charge in [0.05, 0.1) is 5.92 Å². The van der Waals surface area contributed by atoms with Crippen LogP contribution in [0.15, 0.2) is 0 Å². The van der Waals surface area contributed by atoms with Crippen LogP contribution in [0, 0.1) is 11.8 Å². The zero-order valence-electron chi connectivity index (χ0n) is 12.2. The Balaban J connectivity index is 1.62. The van der Waals surface area contributed by atoms with Crippen molar-refractivity contribution >= 4 is 17.9 Å². The first kappa shape index (κ1) is 14.2. The van der Waals surface area contributed by atoms with Crippen molar-refractivity contribution in [3.05, 3.63) is 0 Å². The molecule has 0 radical (unpaired) electrons. The predicted molar refractivity (Wildman–Crippen MR) is 73.6 cm³/mol. The third-order valence-electron chi connectivity index (χ3n) is 4.97. The van der Waals surface area contributed by atoms with Gasteiger partial charge in [0.25, 0.3) is 0 Å². The van der Waals surface area contributed by atoms with Crippen LogP contribution in [0.5, 0.6) is 0 Å². The summed E-state index contributed by atoms with van der Waals surface area (Å²) in [4.78, 5) is 40.6. The minimum atomic E-state index is -0.830. The lowest BCUT2D eigenvalue weighted by Gasteiger charge is -2.39. The molecule has 0 aromatic heterocycles. The maximum Gasteiger partial charge on any atom is 0.320 e. The number of carboxylic acids is 1. The predicted octanol–water partition coefficient (Wildman–Crippen LogP) is 0.0655. The highest BCUT2D eigenvalue weighted by Crippen LogP contribution is 2.27. The van der Waals surface area contributed by atoms with Crippen molar-refractivity contribution in [1.82, 2.24) is 14.7 Å². The molecule has 7 nitrogen and oxygen atoms in total. The maximum absolute atomic E-state index is 12.5. The van der Waals surface area contributed by atoms with Crippen molar-refractivity contribution in [2.45, 2.75) is 25.8 Å². The Morgan fingerprint density at radius 2 is 1.90 bits per heavy atom. The second kappa shape index (κ2) is 5.20. The maximum atomic E-state index is 12.5. The molecule has 3 unspecified atom stereocenters. The number of aliphatic carboxylic acids is 1. The summed E-state index contributed by atoms with van der Waals surface area (Å²) < 4.78 is 0. The second-order valence-electron chi connectivity index (χ2n) is 6.34. The summed E-state index contributed by atoms with van der Waals surface area (Å²) in [5.41, 5.74) is 0. The van der Waals surface area contributed by atoms with Crippen LogP contribution in [-0.2, 0) is 9.59 Å². The van der Waals surface area contributed by atoms with Crippen LogP contribution in [0.25, 0.3) is 0 Å². The molecule has 3 saturated heterocycles. The molecular weight excluding hydrogens is 274 g/mol. The molecule has 3 rings (SSSR count). The number of urea groups is 1. The van der Waals surface area contributed by atoms with Gasteiger partial charge in [-0.3, -0.25) is 9.59 Å². The molecule has 0 spiro atoms. The van der Waals surface area contributed by atoms with Crippen molar-refractivity contribution in [3.8, 4) is 0 Å². The first-order valence-corrected chi connectivity index (χ1v) is 7.53. The van der Waals surface area contributed by atoms with E-state index in [1.54, 1.807) is 9.80 Å². The lowest BCUT2D eigenvalue weighted by molar-refractivity contribution is -0.142. The molecule has 1 N–H and O–H groups in total. The number of likely N-dealkylation sites (tertiary alicyclic amines) is 1. The van der Waals surface area contributed by atoms with Crippen molar-refractivity contribution in [2.75, 3.05) is 32.7 Å². The van der Waals surface area contributed by atoms with E-state index in [9.17, 15) is 14.4 Å². The Hall–Kier alpha value is -1.79. The average Bonchev–Trinajstić information content (AvgIpc) is 3.01. The van der Waals surface area contributed by atoms with Gasteiger partial charge >= 0.3 is 12.0 Å². The number of hydrogen-bond acceptors (Lipinski definition) is 3. The van der Waals surface area contributed by atoms with Crippen LogP contribution >= 0.6 is 0 Å². The molecule has 0 bridgehead atoms. The summed E-state index contributed by atoms with van der Waals surface area (Å²) in [5.74, 6) is -1.12. The number of nitrogens with zero attached hydrogens (tertiary/aromatic N) is 3. The van der Waals surface area contributed by atoms with E-state index in [1.165, 1.54) is 0 Å². The lowest BCUT2D eigenvalue weighted by Crippen LogP contribution is -2.56.